The summed E-state index contributed by atoms with van der Waals surface area (Å²) >= 11 is 8.90. The summed E-state index contributed by atoms with van der Waals surface area (Å²) in [5.74, 6) is 1.36. The molecule has 0 aromatic heterocycles. The molecule has 0 saturated carbocycles. The summed E-state index contributed by atoms with van der Waals surface area (Å²) in [5.41, 5.74) is 0.570. The van der Waals surface area contributed by atoms with Gasteiger partial charge in [-0.3, -0.25) is 4.79 Å². The molecule has 1 aromatic carbocycles. The number of halogens is 2. The van der Waals surface area contributed by atoms with E-state index in [9.17, 15) is 9.18 Å². The highest BCUT2D eigenvalue weighted by Crippen LogP contribution is 2.22. The van der Waals surface area contributed by atoms with E-state index < -0.39 is 0 Å². The normalized spacial score (nSPS) is 11.5. The van der Waals surface area contributed by atoms with Gasteiger partial charge in [-0.1, -0.05) is 38.4 Å². The second kappa shape index (κ2) is 8.91. The van der Waals surface area contributed by atoms with Gasteiger partial charge in [-0.2, -0.15) is 11.8 Å². The van der Waals surface area contributed by atoms with E-state index in [1.165, 1.54) is 17.8 Å². The summed E-state index contributed by atoms with van der Waals surface area (Å²) in [5, 5.41) is 3.25. The fraction of sp³-hybridized carbons (Fsp3) is 0.533. The standard InChI is InChI=1S/C15H21ClFNOS2/c1-15(2,3)21-7-6-18-14(19)10-20-9-11-4-5-12(16)8-13(11)17/h4-5,8H,6-7,9-10H2,1-3H3,(H,18,19). The largest absolute Gasteiger partial charge is 0.355 e. The maximum absolute atomic E-state index is 13.5. The summed E-state index contributed by atoms with van der Waals surface area (Å²) in [6.45, 7) is 7.11. The Labute approximate surface area is 139 Å². The third-order valence-electron chi connectivity index (χ3n) is 2.47. The second-order valence-electron chi connectivity index (χ2n) is 5.54. The zero-order valence-corrected chi connectivity index (χ0v) is 14.9. The molecule has 0 spiro atoms. The van der Waals surface area contributed by atoms with Crippen LogP contribution in [0.2, 0.25) is 5.02 Å². The van der Waals surface area contributed by atoms with Crippen molar-refractivity contribution < 1.29 is 9.18 Å². The van der Waals surface area contributed by atoms with Crippen molar-refractivity contribution in [1.29, 1.82) is 0 Å². The maximum atomic E-state index is 13.5. The third kappa shape index (κ3) is 8.59. The van der Waals surface area contributed by atoms with Crippen LogP contribution < -0.4 is 5.32 Å². The molecule has 0 aliphatic rings. The van der Waals surface area contributed by atoms with E-state index in [0.717, 1.165) is 5.75 Å². The van der Waals surface area contributed by atoms with E-state index >= 15 is 0 Å². The predicted molar refractivity (Wildman–Crippen MR) is 92.8 cm³/mol. The first-order valence-corrected chi connectivity index (χ1v) is 9.22. The first kappa shape index (κ1) is 18.7. The number of carbonyl (C=O) groups is 1. The number of amides is 1. The average molecular weight is 350 g/mol. The molecule has 1 rings (SSSR count). The van der Waals surface area contributed by atoms with Crippen LogP contribution in [0, 0.1) is 5.82 Å². The van der Waals surface area contributed by atoms with Crippen molar-refractivity contribution in [2.24, 2.45) is 0 Å². The Morgan fingerprint density at radius 1 is 1.38 bits per heavy atom. The molecule has 1 N–H and O–H groups in total. The van der Waals surface area contributed by atoms with Crippen LogP contribution in [0.1, 0.15) is 26.3 Å². The number of thioether (sulfide) groups is 2. The summed E-state index contributed by atoms with van der Waals surface area (Å²) in [6.07, 6.45) is 0. The minimum Gasteiger partial charge on any atom is -0.355 e. The number of rotatable bonds is 7. The Morgan fingerprint density at radius 3 is 2.71 bits per heavy atom. The molecule has 0 fully saturated rings. The van der Waals surface area contributed by atoms with E-state index in [-0.39, 0.29) is 16.5 Å². The molecule has 1 amide bonds. The number of carbonyl (C=O) groups excluding carboxylic acids is 1. The van der Waals surface area contributed by atoms with E-state index in [1.807, 2.05) is 11.8 Å². The van der Waals surface area contributed by atoms with Crippen LogP contribution in [-0.4, -0.2) is 28.7 Å². The van der Waals surface area contributed by atoms with Gasteiger partial charge in [0, 0.05) is 27.8 Å². The van der Waals surface area contributed by atoms with Gasteiger partial charge in [-0.15, -0.1) is 11.8 Å². The second-order valence-corrected chi connectivity index (χ2v) is 8.88. The third-order valence-corrected chi connectivity index (χ3v) is 4.96. The molecule has 0 atom stereocenters. The molecule has 21 heavy (non-hydrogen) atoms. The minimum absolute atomic E-state index is 0.0103. The Hall–Kier alpha value is -0.390. The lowest BCUT2D eigenvalue weighted by molar-refractivity contribution is -0.118. The number of hydrogen-bond donors (Lipinski definition) is 1. The van der Waals surface area contributed by atoms with Gasteiger partial charge in [0.25, 0.3) is 0 Å². The van der Waals surface area contributed by atoms with E-state index in [0.29, 0.717) is 28.6 Å². The fourth-order valence-electron chi connectivity index (χ4n) is 1.49. The smallest absolute Gasteiger partial charge is 0.230 e. The Morgan fingerprint density at radius 2 is 2.10 bits per heavy atom. The Bertz CT molecular complexity index is 477. The minimum atomic E-state index is -0.322. The average Bonchev–Trinajstić information content (AvgIpc) is 2.36. The molecule has 6 heteroatoms. The van der Waals surface area contributed by atoms with Gasteiger partial charge >= 0.3 is 0 Å². The molecule has 2 nitrogen and oxygen atoms in total. The zero-order chi connectivity index (χ0) is 15.9. The van der Waals surface area contributed by atoms with Crippen molar-refractivity contribution in [3.8, 4) is 0 Å². The molecular formula is C15H21ClFNOS2. The van der Waals surface area contributed by atoms with Gasteiger partial charge in [-0.25, -0.2) is 4.39 Å². The maximum Gasteiger partial charge on any atom is 0.230 e. The highest BCUT2D eigenvalue weighted by atomic mass is 35.5. The van der Waals surface area contributed by atoms with Crippen LogP contribution in [0.15, 0.2) is 18.2 Å². The number of nitrogens with one attached hydrogen (secondary N) is 1. The summed E-state index contributed by atoms with van der Waals surface area (Å²) in [7, 11) is 0. The highest BCUT2D eigenvalue weighted by Gasteiger charge is 2.10. The molecule has 0 heterocycles. The first-order chi connectivity index (χ1) is 9.78. The number of hydrogen-bond acceptors (Lipinski definition) is 3. The van der Waals surface area contributed by atoms with Gasteiger partial charge in [-0.05, 0) is 17.7 Å². The molecule has 0 saturated heterocycles. The molecule has 118 valence electrons. The van der Waals surface area contributed by atoms with Crippen molar-refractivity contribution in [3.05, 3.63) is 34.6 Å². The molecule has 0 unspecified atom stereocenters. The zero-order valence-electron chi connectivity index (χ0n) is 12.5. The van der Waals surface area contributed by atoms with Crippen molar-refractivity contribution in [1.82, 2.24) is 5.32 Å². The van der Waals surface area contributed by atoms with Crippen molar-refractivity contribution >= 4 is 41.0 Å². The molecule has 0 bridgehead atoms. The van der Waals surface area contributed by atoms with Gasteiger partial charge < -0.3 is 5.32 Å². The Balaban J connectivity index is 2.19. The van der Waals surface area contributed by atoms with Gasteiger partial charge in [0.2, 0.25) is 5.91 Å². The van der Waals surface area contributed by atoms with Crippen molar-refractivity contribution in [3.63, 3.8) is 0 Å². The van der Waals surface area contributed by atoms with Crippen LogP contribution in [0.5, 0.6) is 0 Å². The number of benzene rings is 1. The van der Waals surface area contributed by atoms with Crippen LogP contribution in [0.4, 0.5) is 4.39 Å². The molecule has 0 aliphatic heterocycles. The van der Waals surface area contributed by atoms with E-state index in [2.05, 4.69) is 26.1 Å². The molecular weight excluding hydrogens is 329 g/mol. The monoisotopic (exact) mass is 349 g/mol. The fourth-order valence-corrected chi connectivity index (χ4v) is 3.31. The van der Waals surface area contributed by atoms with Crippen LogP contribution in [0.3, 0.4) is 0 Å². The molecule has 0 radical (unpaired) electrons. The van der Waals surface area contributed by atoms with Crippen LogP contribution in [-0.2, 0) is 10.5 Å². The summed E-state index contributed by atoms with van der Waals surface area (Å²) in [4.78, 5) is 11.6. The van der Waals surface area contributed by atoms with Crippen molar-refractivity contribution in [2.75, 3.05) is 18.1 Å². The van der Waals surface area contributed by atoms with E-state index in [4.69, 9.17) is 11.6 Å². The quantitative estimate of drug-likeness (QED) is 0.741. The molecule has 1 aromatic rings. The molecule has 0 aliphatic carbocycles. The van der Waals surface area contributed by atoms with Gasteiger partial charge in [0.1, 0.15) is 5.82 Å². The topological polar surface area (TPSA) is 29.1 Å². The highest BCUT2D eigenvalue weighted by molar-refractivity contribution is 8.00. The van der Waals surface area contributed by atoms with Crippen molar-refractivity contribution in [2.45, 2.75) is 31.3 Å². The van der Waals surface area contributed by atoms with Crippen LogP contribution >= 0.6 is 35.1 Å². The summed E-state index contributed by atoms with van der Waals surface area (Å²) in [6, 6.07) is 4.61. The van der Waals surface area contributed by atoms with E-state index in [1.54, 1.807) is 12.1 Å². The first-order valence-electron chi connectivity index (χ1n) is 6.70. The summed E-state index contributed by atoms with van der Waals surface area (Å²) < 4.78 is 13.7. The lowest BCUT2D eigenvalue weighted by Crippen LogP contribution is -2.28. The van der Waals surface area contributed by atoms with Gasteiger partial charge in [0.05, 0.1) is 5.75 Å². The predicted octanol–water partition coefficient (Wildman–Crippen LogP) is 4.36. The van der Waals surface area contributed by atoms with Crippen LogP contribution in [0.25, 0.3) is 0 Å². The lowest BCUT2D eigenvalue weighted by atomic mass is 10.2. The Kier molecular flexibility index (Phi) is 7.92. The SMILES string of the molecule is CC(C)(C)SCCNC(=O)CSCc1ccc(Cl)cc1F. The van der Waals surface area contributed by atoms with Gasteiger partial charge in [0.15, 0.2) is 0 Å². The lowest BCUT2D eigenvalue weighted by Gasteiger charge is -2.17.